The van der Waals surface area contributed by atoms with Crippen LogP contribution in [-0.4, -0.2) is 15.0 Å². The standard InChI is InChI=1S/C10H9BrN4S/c1-5-3-2-4-6(7(5)11)8-13-9(12)15-10(16)14-8/h2-4H,1H3,(H3,12,13,14,15,16). The first kappa shape index (κ1) is 11.2. The van der Waals surface area contributed by atoms with Crippen LogP contribution in [0.3, 0.4) is 0 Å². The third-order valence-electron chi connectivity index (χ3n) is 2.12. The van der Waals surface area contributed by atoms with E-state index in [9.17, 15) is 0 Å². The van der Waals surface area contributed by atoms with E-state index in [2.05, 4.69) is 30.9 Å². The number of anilines is 1. The van der Waals surface area contributed by atoms with Crippen LogP contribution < -0.4 is 5.73 Å². The van der Waals surface area contributed by atoms with Crippen molar-refractivity contribution < 1.29 is 0 Å². The van der Waals surface area contributed by atoms with E-state index in [0.29, 0.717) is 5.82 Å². The summed E-state index contributed by atoms with van der Waals surface area (Å²) in [4.78, 5) is 10.9. The van der Waals surface area contributed by atoms with Crippen LogP contribution in [-0.2, 0) is 0 Å². The van der Waals surface area contributed by atoms with Crippen LogP contribution in [0.4, 0.5) is 5.95 Å². The number of aryl methyl sites for hydroxylation is 1. The van der Waals surface area contributed by atoms with Crippen molar-refractivity contribution >= 4 is 34.1 Å². The zero-order chi connectivity index (χ0) is 11.7. The highest BCUT2D eigenvalue weighted by molar-refractivity contribution is 9.10. The number of nitrogens with one attached hydrogen (secondary N) is 1. The van der Waals surface area contributed by atoms with Crippen LogP contribution in [0.1, 0.15) is 5.56 Å². The molecule has 3 N–H and O–H groups in total. The molecule has 0 bridgehead atoms. The molecule has 1 aromatic carbocycles. The van der Waals surface area contributed by atoms with Crippen LogP contribution in [0.25, 0.3) is 11.4 Å². The lowest BCUT2D eigenvalue weighted by atomic mass is 10.1. The molecule has 0 saturated heterocycles. The van der Waals surface area contributed by atoms with Crippen molar-refractivity contribution in [2.45, 2.75) is 6.92 Å². The first-order valence-electron chi connectivity index (χ1n) is 4.57. The number of halogens is 1. The molecule has 0 atom stereocenters. The second-order valence-corrected chi connectivity index (χ2v) is 4.46. The van der Waals surface area contributed by atoms with Crippen molar-refractivity contribution in [3.05, 3.63) is 33.0 Å². The molecule has 1 heterocycles. The molecule has 6 heteroatoms. The van der Waals surface area contributed by atoms with E-state index in [1.54, 1.807) is 0 Å². The first-order valence-corrected chi connectivity index (χ1v) is 5.77. The summed E-state index contributed by atoms with van der Waals surface area (Å²) in [6.45, 7) is 2.01. The minimum Gasteiger partial charge on any atom is -0.369 e. The number of hydrogen-bond acceptors (Lipinski definition) is 4. The van der Waals surface area contributed by atoms with Gasteiger partial charge >= 0.3 is 0 Å². The Morgan fingerprint density at radius 3 is 2.81 bits per heavy atom. The SMILES string of the molecule is Cc1cccc(-c2nc(=S)nc(N)[nH]2)c1Br. The molecule has 0 unspecified atom stereocenters. The number of nitrogen functional groups attached to an aromatic ring is 1. The molecule has 0 aliphatic heterocycles. The van der Waals surface area contributed by atoms with Gasteiger partial charge in [-0.3, -0.25) is 0 Å². The van der Waals surface area contributed by atoms with Crippen molar-refractivity contribution in [2.24, 2.45) is 0 Å². The Balaban J connectivity index is 2.67. The maximum absolute atomic E-state index is 5.60. The Morgan fingerprint density at radius 2 is 2.12 bits per heavy atom. The minimum absolute atomic E-state index is 0.236. The van der Waals surface area contributed by atoms with Crippen LogP contribution in [0.2, 0.25) is 0 Å². The zero-order valence-corrected chi connectivity index (χ0v) is 10.9. The van der Waals surface area contributed by atoms with Crippen molar-refractivity contribution in [3.63, 3.8) is 0 Å². The Kier molecular flexibility index (Phi) is 3.02. The van der Waals surface area contributed by atoms with E-state index < -0.39 is 0 Å². The van der Waals surface area contributed by atoms with Gasteiger partial charge in [0.15, 0.2) is 0 Å². The largest absolute Gasteiger partial charge is 0.369 e. The summed E-state index contributed by atoms with van der Waals surface area (Å²) < 4.78 is 1.21. The molecule has 0 saturated carbocycles. The van der Waals surface area contributed by atoms with Gasteiger partial charge in [-0.2, -0.15) is 4.98 Å². The average Bonchev–Trinajstić information content (AvgIpc) is 2.20. The van der Waals surface area contributed by atoms with Crippen molar-refractivity contribution in [3.8, 4) is 11.4 Å². The van der Waals surface area contributed by atoms with Gasteiger partial charge in [0.2, 0.25) is 10.7 Å². The summed E-state index contributed by atoms with van der Waals surface area (Å²) >= 11 is 8.44. The zero-order valence-electron chi connectivity index (χ0n) is 8.49. The van der Waals surface area contributed by atoms with Gasteiger partial charge in [-0.25, -0.2) is 4.98 Å². The van der Waals surface area contributed by atoms with Gasteiger partial charge in [0.1, 0.15) is 5.82 Å². The molecule has 1 aromatic heterocycles. The Bertz CT molecular complexity index is 594. The lowest BCUT2D eigenvalue weighted by Crippen LogP contribution is -2.00. The number of rotatable bonds is 1. The summed E-state index contributed by atoms with van der Waals surface area (Å²) in [5.74, 6) is 0.886. The number of hydrogen-bond donors (Lipinski definition) is 2. The van der Waals surface area contributed by atoms with Gasteiger partial charge in [0, 0.05) is 10.0 Å². The van der Waals surface area contributed by atoms with E-state index in [0.717, 1.165) is 15.6 Å². The number of H-pyrrole nitrogens is 1. The molecule has 2 aromatic rings. The van der Waals surface area contributed by atoms with E-state index in [-0.39, 0.29) is 10.7 Å². The maximum atomic E-state index is 5.60. The van der Waals surface area contributed by atoms with Crippen LogP contribution >= 0.6 is 28.1 Å². The van der Waals surface area contributed by atoms with E-state index in [4.69, 9.17) is 18.0 Å². The monoisotopic (exact) mass is 296 g/mol. The molecule has 16 heavy (non-hydrogen) atoms. The van der Waals surface area contributed by atoms with E-state index in [1.807, 2.05) is 25.1 Å². The third-order valence-corrected chi connectivity index (χ3v) is 3.35. The fraction of sp³-hybridized carbons (Fsp3) is 0.100. The smallest absolute Gasteiger partial charge is 0.224 e. The summed E-state index contributed by atoms with van der Waals surface area (Å²) in [5, 5.41) is 0. The molecule has 0 fully saturated rings. The highest BCUT2D eigenvalue weighted by Crippen LogP contribution is 2.28. The second-order valence-electron chi connectivity index (χ2n) is 3.30. The summed E-state index contributed by atoms with van der Waals surface area (Å²) in [6, 6.07) is 5.89. The summed E-state index contributed by atoms with van der Waals surface area (Å²) in [7, 11) is 0. The quantitative estimate of drug-likeness (QED) is 0.794. The highest BCUT2D eigenvalue weighted by Gasteiger charge is 2.07. The predicted molar refractivity (Wildman–Crippen MR) is 69.5 cm³/mol. The second kappa shape index (κ2) is 4.31. The third kappa shape index (κ3) is 2.12. The Hall–Kier alpha value is -1.27. The van der Waals surface area contributed by atoms with Crippen molar-refractivity contribution in [1.29, 1.82) is 0 Å². The van der Waals surface area contributed by atoms with Gasteiger partial charge in [-0.15, -0.1) is 0 Å². The molecular formula is C10H9BrN4S. The number of benzene rings is 1. The molecule has 2 rings (SSSR count). The fourth-order valence-corrected chi connectivity index (χ4v) is 2.00. The number of nitrogens with zero attached hydrogens (tertiary/aromatic N) is 2. The van der Waals surface area contributed by atoms with Crippen LogP contribution in [0.5, 0.6) is 0 Å². The Morgan fingerprint density at radius 1 is 1.38 bits per heavy atom. The molecular weight excluding hydrogens is 288 g/mol. The van der Waals surface area contributed by atoms with Gasteiger partial charge in [0.05, 0.1) is 0 Å². The lowest BCUT2D eigenvalue weighted by molar-refractivity contribution is 1.05. The predicted octanol–water partition coefficient (Wildman–Crippen LogP) is 2.85. The fourth-order valence-electron chi connectivity index (χ4n) is 1.36. The molecule has 0 spiro atoms. The molecule has 0 aliphatic rings. The summed E-state index contributed by atoms with van der Waals surface area (Å²) in [5.41, 5.74) is 7.63. The molecule has 0 amide bonds. The number of nitrogens with two attached hydrogens (primary N) is 1. The molecule has 0 radical (unpaired) electrons. The average molecular weight is 297 g/mol. The van der Waals surface area contributed by atoms with E-state index >= 15 is 0 Å². The molecule has 82 valence electrons. The minimum atomic E-state index is 0.236. The van der Waals surface area contributed by atoms with Crippen LogP contribution in [0.15, 0.2) is 22.7 Å². The van der Waals surface area contributed by atoms with E-state index in [1.165, 1.54) is 0 Å². The van der Waals surface area contributed by atoms with Crippen molar-refractivity contribution in [2.75, 3.05) is 5.73 Å². The first-order chi connectivity index (χ1) is 7.58. The number of aromatic nitrogens is 3. The topological polar surface area (TPSA) is 67.6 Å². The maximum Gasteiger partial charge on any atom is 0.224 e. The molecule has 0 aliphatic carbocycles. The lowest BCUT2D eigenvalue weighted by Gasteiger charge is -2.06. The molecule has 4 nitrogen and oxygen atoms in total. The summed E-state index contributed by atoms with van der Waals surface area (Å²) in [6.07, 6.45) is 0. The van der Waals surface area contributed by atoms with Gasteiger partial charge in [-0.05, 0) is 40.6 Å². The van der Waals surface area contributed by atoms with Gasteiger partial charge in [0.25, 0.3) is 0 Å². The van der Waals surface area contributed by atoms with Crippen LogP contribution in [0, 0.1) is 11.7 Å². The van der Waals surface area contributed by atoms with Gasteiger partial charge in [-0.1, -0.05) is 18.2 Å². The normalized spacial score (nSPS) is 10.4. The van der Waals surface area contributed by atoms with Crippen molar-refractivity contribution in [1.82, 2.24) is 15.0 Å². The Labute approximate surface area is 106 Å². The highest BCUT2D eigenvalue weighted by atomic mass is 79.9. The van der Waals surface area contributed by atoms with Gasteiger partial charge < -0.3 is 10.7 Å². The number of aromatic amines is 1.